The fourth-order valence-electron chi connectivity index (χ4n) is 1.29. The average Bonchev–Trinajstić information content (AvgIpc) is 2.35. The summed E-state index contributed by atoms with van der Waals surface area (Å²) in [7, 11) is 0. The molecule has 0 amide bonds. The second-order valence-electron chi connectivity index (χ2n) is 3.35. The average molecular weight is 253 g/mol. The molecule has 2 rings (SSSR count). The molecule has 0 fully saturated rings. The number of carbonyl (C=O) groups is 1. The Labute approximate surface area is 99.8 Å². The second-order valence-corrected chi connectivity index (χ2v) is 3.35. The van der Waals surface area contributed by atoms with Crippen LogP contribution in [0.15, 0.2) is 30.5 Å². The molecule has 18 heavy (non-hydrogen) atoms. The molecular formula is C12H6F3NO2. The Balaban J connectivity index is 2.34. The van der Waals surface area contributed by atoms with Crippen LogP contribution in [0.2, 0.25) is 0 Å². The number of rotatable bonds is 3. The first kappa shape index (κ1) is 12.1. The van der Waals surface area contributed by atoms with Crippen molar-refractivity contribution in [2.24, 2.45) is 0 Å². The van der Waals surface area contributed by atoms with Gasteiger partial charge in [-0.25, -0.2) is 13.8 Å². The van der Waals surface area contributed by atoms with Gasteiger partial charge in [-0.05, 0) is 24.3 Å². The van der Waals surface area contributed by atoms with Crippen LogP contribution in [0.5, 0.6) is 11.5 Å². The van der Waals surface area contributed by atoms with Gasteiger partial charge >= 0.3 is 0 Å². The van der Waals surface area contributed by atoms with Crippen LogP contribution < -0.4 is 4.74 Å². The Morgan fingerprint density at radius 2 is 1.78 bits per heavy atom. The Bertz CT molecular complexity index is 561. The predicted octanol–water partition coefficient (Wildman–Crippen LogP) is 3.10. The van der Waals surface area contributed by atoms with E-state index in [0.717, 1.165) is 24.4 Å². The summed E-state index contributed by atoms with van der Waals surface area (Å²) in [4.78, 5) is 13.7. The third kappa shape index (κ3) is 2.48. The van der Waals surface area contributed by atoms with Crippen LogP contribution in [0.4, 0.5) is 13.2 Å². The van der Waals surface area contributed by atoms with Gasteiger partial charge < -0.3 is 4.74 Å². The van der Waals surface area contributed by atoms with Crippen LogP contribution in [-0.2, 0) is 0 Å². The third-order valence-electron chi connectivity index (χ3n) is 2.08. The standard InChI is InChI=1S/C12H6F3NO2/c13-9-3-7(6-17)4-10(14)12(9)18-8-1-2-11(15)16-5-8/h1-6H. The van der Waals surface area contributed by atoms with Gasteiger partial charge in [-0.1, -0.05) is 0 Å². The quantitative estimate of drug-likeness (QED) is 0.623. The Hall–Kier alpha value is -2.37. The van der Waals surface area contributed by atoms with Crippen molar-refractivity contribution < 1.29 is 22.7 Å². The van der Waals surface area contributed by atoms with Crippen LogP contribution in [0.25, 0.3) is 0 Å². The summed E-state index contributed by atoms with van der Waals surface area (Å²) in [5.74, 6) is -3.48. The summed E-state index contributed by atoms with van der Waals surface area (Å²) in [6.45, 7) is 0. The molecule has 0 saturated carbocycles. The molecule has 0 spiro atoms. The van der Waals surface area contributed by atoms with Crippen LogP contribution >= 0.6 is 0 Å². The Morgan fingerprint density at radius 3 is 2.28 bits per heavy atom. The summed E-state index contributed by atoms with van der Waals surface area (Å²) in [6, 6.07) is 3.84. The van der Waals surface area contributed by atoms with Gasteiger partial charge in [0.2, 0.25) is 5.95 Å². The van der Waals surface area contributed by atoms with E-state index in [2.05, 4.69) is 4.98 Å². The summed E-state index contributed by atoms with van der Waals surface area (Å²) < 4.78 is 44.3. The minimum atomic E-state index is -1.03. The van der Waals surface area contributed by atoms with Crippen molar-refractivity contribution >= 4 is 6.29 Å². The normalized spacial score (nSPS) is 10.2. The number of carbonyl (C=O) groups excluding carboxylic acids is 1. The lowest BCUT2D eigenvalue weighted by Gasteiger charge is -2.07. The van der Waals surface area contributed by atoms with Gasteiger partial charge in [0.1, 0.15) is 12.0 Å². The molecule has 1 aromatic heterocycles. The maximum Gasteiger partial charge on any atom is 0.213 e. The number of halogens is 3. The number of ether oxygens (including phenoxy) is 1. The smallest absolute Gasteiger partial charge is 0.213 e. The van der Waals surface area contributed by atoms with Crippen LogP contribution in [0, 0.1) is 17.6 Å². The first-order chi connectivity index (χ1) is 8.60. The molecule has 0 unspecified atom stereocenters. The monoisotopic (exact) mass is 253 g/mol. The van der Waals surface area contributed by atoms with E-state index in [1.54, 1.807) is 0 Å². The summed E-state index contributed by atoms with van der Waals surface area (Å²) in [5, 5.41) is 0. The fraction of sp³-hybridized carbons (Fsp3) is 0. The highest BCUT2D eigenvalue weighted by atomic mass is 19.1. The molecule has 6 heteroatoms. The van der Waals surface area contributed by atoms with Gasteiger partial charge in [0, 0.05) is 5.56 Å². The first-order valence-electron chi connectivity index (χ1n) is 4.84. The summed E-state index contributed by atoms with van der Waals surface area (Å²) >= 11 is 0. The van der Waals surface area contributed by atoms with Crippen molar-refractivity contribution in [3.05, 3.63) is 53.6 Å². The van der Waals surface area contributed by atoms with Crippen molar-refractivity contribution in [2.75, 3.05) is 0 Å². The zero-order valence-electron chi connectivity index (χ0n) is 8.86. The molecule has 0 N–H and O–H groups in total. The largest absolute Gasteiger partial charge is 0.450 e. The minimum Gasteiger partial charge on any atom is -0.450 e. The Kier molecular flexibility index (Phi) is 3.27. The van der Waals surface area contributed by atoms with Crippen LogP contribution in [0.3, 0.4) is 0 Å². The van der Waals surface area contributed by atoms with Gasteiger partial charge in [-0.15, -0.1) is 0 Å². The highest BCUT2D eigenvalue weighted by Gasteiger charge is 2.13. The number of nitrogens with zero attached hydrogens (tertiary/aromatic N) is 1. The number of aromatic nitrogens is 1. The maximum absolute atomic E-state index is 13.4. The predicted molar refractivity (Wildman–Crippen MR) is 56.0 cm³/mol. The van der Waals surface area contributed by atoms with Crippen molar-refractivity contribution in [3.63, 3.8) is 0 Å². The molecule has 0 bridgehead atoms. The second kappa shape index (κ2) is 4.87. The number of hydrogen-bond donors (Lipinski definition) is 0. The molecule has 0 aliphatic carbocycles. The van der Waals surface area contributed by atoms with Crippen molar-refractivity contribution in [1.82, 2.24) is 4.98 Å². The zero-order chi connectivity index (χ0) is 13.1. The topological polar surface area (TPSA) is 39.2 Å². The highest BCUT2D eigenvalue weighted by Crippen LogP contribution is 2.27. The van der Waals surface area contributed by atoms with Gasteiger partial charge in [-0.3, -0.25) is 4.79 Å². The molecule has 1 heterocycles. The van der Waals surface area contributed by atoms with E-state index in [4.69, 9.17) is 4.74 Å². The van der Waals surface area contributed by atoms with Crippen molar-refractivity contribution in [2.45, 2.75) is 0 Å². The van der Waals surface area contributed by atoms with E-state index in [0.29, 0.717) is 6.29 Å². The van der Waals surface area contributed by atoms with E-state index in [1.807, 2.05) is 0 Å². The molecule has 1 aromatic carbocycles. The van der Waals surface area contributed by atoms with E-state index < -0.39 is 23.3 Å². The fourth-order valence-corrected chi connectivity index (χ4v) is 1.29. The molecule has 2 aromatic rings. The van der Waals surface area contributed by atoms with Gasteiger partial charge in [0.05, 0.1) is 6.20 Å². The lowest BCUT2D eigenvalue weighted by atomic mass is 10.2. The number of benzene rings is 1. The first-order valence-corrected chi connectivity index (χ1v) is 4.84. The van der Waals surface area contributed by atoms with E-state index in [9.17, 15) is 18.0 Å². The number of aldehydes is 1. The number of pyridine rings is 1. The van der Waals surface area contributed by atoms with E-state index in [1.165, 1.54) is 6.07 Å². The Morgan fingerprint density at radius 1 is 1.11 bits per heavy atom. The molecule has 92 valence electrons. The molecule has 0 radical (unpaired) electrons. The SMILES string of the molecule is O=Cc1cc(F)c(Oc2ccc(F)nc2)c(F)c1. The summed E-state index contributed by atoms with van der Waals surface area (Å²) in [6.07, 6.45) is 1.30. The van der Waals surface area contributed by atoms with E-state index >= 15 is 0 Å². The number of hydrogen-bond acceptors (Lipinski definition) is 3. The zero-order valence-corrected chi connectivity index (χ0v) is 8.86. The maximum atomic E-state index is 13.4. The molecule has 0 atom stereocenters. The van der Waals surface area contributed by atoms with Crippen molar-refractivity contribution in [1.29, 1.82) is 0 Å². The molecule has 0 saturated heterocycles. The van der Waals surface area contributed by atoms with Gasteiger partial charge in [0.25, 0.3) is 0 Å². The molecular weight excluding hydrogens is 247 g/mol. The highest BCUT2D eigenvalue weighted by molar-refractivity contribution is 5.75. The van der Waals surface area contributed by atoms with Crippen LogP contribution in [-0.4, -0.2) is 11.3 Å². The molecule has 3 nitrogen and oxygen atoms in total. The van der Waals surface area contributed by atoms with Gasteiger partial charge in [-0.2, -0.15) is 4.39 Å². The third-order valence-corrected chi connectivity index (χ3v) is 2.08. The van der Waals surface area contributed by atoms with E-state index in [-0.39, 0.29) is 11.3 Å². The lowest BCUT2D eigenvalue weighted by molar-refractivity contribution is 0.112. The van der Waals surface area contributed by atoms with Crippen LogP contribution in [0.1, 0.15) is 10.4 Å². The van der Waals surface area contributed by atoms with Crippen molar-refractivity contribution in [3.8, 4) is 11.5 Å². The molecule has 0 aliphatic heterocycles. The van der Waals surface area contributed by atoms with Gasteiger partial charge in [0.15, 0.2) is 17.4 Å². The summed E-state index contributed by atoms with van der Waals surface area (Å²) in [5.41, 5.74) is -0.144. The minimum absolute atomic E-state index is 0.0203. The lowest BCUT2D eigenvalue weighted by Crippen LogP contribution is -1.96. The molecule has 0 aliphatic rings.